The van der Waals surface area contributed by atoms with Crippen LogP contribution in [0.2, 0.25) is 0 Å². The molecule has 0 amide bonds. The molecule has 0 aliphatic carbocycles. The molecule has 0 bridgehead atoms. The fraction of sp³-hybridized carbons (Fsp3) is 0.625. The second kappa shape index (κ2) is 8.15. The van der Waals surface area contributed by atoms with Gasteiger partial charge < -0.3 is 9.84 Å². The molecule has 1 unspecified atom stereocenters. The quantitative estimate of drug-likeness (QED) is 0.744. The molecule has 1 N–H and O–H groups in total. The van der Waals surface area contributed by atoms with E-state index in [9.17, 15) is 5.11 Å². The molecule has 1 aromatic carbocycles. The summed E-state index contributed by atoms with van der Waals surface area (Å²) < 4.78 is 5.52. The Morgan fingerprint density at radius 3 is 2.33 bits per heavy atom. The van der Waals surface area contributed by atoms with Crippen molar-refractivity contribution in [3.05, 3.63) is 29.8 Å². The van der Waals surface area contributed by atoms with Crippen LogP contribution in [-0.4, -0.2) is 11.7 Å². The summed E-state index contributed by atoms with van der Waals surface area (Å²) in [5.41, 5.74) is 0.989. The molecular formula is C16H26O2. The van der Waals surface area contributed by atoms with E-state index in [1.54, 1.807) is 0 Å². The molecule has 1 aromatic rings. The van der Waals surface area contributed by atoms with Crippen molar-refractivity contribution in [3.63, 3.8) is 0 Å². The normalized spacial score (nSPS) is 12.7. The summed E-state index contributed by atoms with van der Waals surface area (Å²) in [4.78, 5) is 0. The van der Waals surface area contributed by atoms with E-state index < -0.39 is 0 Å². The molecule has 0 heterocycles. The van der Waals surface area contributed by atoms with Crippen LogP contribution < -0.4 is 4.74 Å². The lowest BCUT2D eigenvalue weighted by molar-refractivity contribution is 0.162. The summed E-state index contributed by atoms with van der Waals surface area (Å²) in [5.74, 6) is 1.59. The number of aliphatic hydroxyl groups is 1. The van der Waals surface area contributed by atoms with E-state index in [4.69, 9.17) is 4.74 Å². The van der Waals surface area contributed by atoms with Crippen molar-refractivity contribution in [2.45, 2.75) is 52.6 Å². The van der Waals surface area contributed by atoms with E-state index in [0.29, 0.717) is 5.92 Å². The zero-order valence-corrected chi connectivity index (χ0v) is 11.9. The second-order valence-corrected chi connectivity index (χ2v) is 5.26. The Labute approximate surface area is 111 Å². The van der Waals surface area contributed by atoms with E-state index in [-0.39, 0.29) is 6.10 Å². The molecule has 0 aromatic heterocycles. The van der Waals surface area contributed by atoms with Gasteiger partial charge >= 0.3 is 0 Å². The standard InChI is InChI=1S/C16H26O2/c1-4-12-18-15-10-8-14(9-11-15)16(17)7-5-6-13(2)3/h8-11,13,16-17H,4-7,12H2,1-3H3. The fourth-order valence-corrected chi connectivity index (χ4v) is 1.89. The van der Waals surface area contributed by atoms with E-state index in [2.05, 4.69) is 20.8 Å². The highest BCUT2D eigenvalue weighted by Gasteiger charge is 2.07. The van der Waals surface area contributed by atoms with Crippen LogP contribution in [0.25, 0.3) is 0 Å². The van der Waals surface area contributed by atoms with Gasteiger partial charge in [0.05, 0.1) is 12.7 Å². The maximum atomic E-state index is 10.1. The van der Waals surface area contributed by atoms with Gasteiger partial charge in [-0.05, 0) is 36.5 Å². The fourth-order valence-electron chi connectivity index (χ4n) is 1.89. The van der Waals surface area contributed by atoms with Gasteiger partial charge in [0.2, 0.25) is 0 Å². The lowest BCUT2D eigenvalue weighted by Crippen LogP contribution is -1.99. The highest BCUT2D eigenvalue weighted by atomic mass is 16.5. The van der Waals surface area contributed by atoms with Gasteiger partial charge in [0.1, 0.15) is 5.75 Å². The van der Waals surface area contributed by atoms with Crippen molar-refractivity contribution < 1.29 is 9.84 Å². The topological polar surface area (TPSA) is 29.5 Å². The maximum absolute atomic E-state index is 10.1. The Hall–Kier alpha value is -1.02. The monoisotopic (exact) mass is 250 g/mol. The zero-order valence-electron chi connectivity index (χ0n) is 11.9. The van der Waals surface area contributed by atoms with E-state index in [1.165, 1.54) is 6.42 Å². The van der Waals surface area contributed by atoms with Crippen molar-refractivity contribution in [3.8, 4) is 5.75 Å². The van der Waals surface area contributed by atoms with Crippen LogP contribution in [0.1, 0.15) is 58.1 Å². The molecule has 0 aliphatic rings. The Kier molecular flexibility index (Phi) is 6.81. The molecule has 0 fully saturated rings. The van der Waals surface area contributed by atoms with Crippen molar-refractivity contribution in [1.82, 2.24) is 0 Å². The predicted molar refractivity (Wildman–Crippen MR) is 75.9 cm³/mol. The summed E-state index contributed by atoms with van der Waals surface area (Å²) in [6.45, 7) is 7.27. The summed E-state index contributed by atoms with van der Waals surface area (Å²) >= 11 is 0. The highest BCUT2D eigenvalue weighted by molar-refractivity contribution is 5.28. The van der Waals surface area contributed by atoms with E-state index >= 15 is 0 Å². The molecule has 2 nitrogen and oxygen atoms in total. The Morgan fingerprint density at radius 1 is 1.11 bits per heavy atom. The smallest absolute Gasteiger partial charge is 0.119 e. The molecule has 1 rings (SSSR count). The molecule has 0 aliphatic heterocycles. The van der Waals surface area contributed by atoms with Crippen LogP contribution in [-0.2, 0) is 0 Å². The SMILES string of the molecule is CCCOc1ccc(C(O)CCCC(C)C)cc1. The lowest BCUT2D eigenvalue weighted by atomic mass is 10.0. The molecule has 0 spiro atoms. The summed E-state index contributed by atoms with van der Waals surface area (Å²) in [6, 6.07) is 7.81. The Morgan fingerprint density at radius 2 is 1.78 bits per heavy atom. The van der Waals surface area contributed by atoms with Gasteiger partial charge in [-0.2, -0.15) is 0 Å². The van der Waals surface area contributed by atoms with E-state index in [0.717, 1.165) is 37.2 Å². The third-order valence-corrected chi connectivity index (χ3v) is 3.00. The van der Waals surface area contributed by atoms with Crippen molar-refractivity contribution >= 4 is 0 Å². The average molecular weight is 250 g/mol. The van der Waals surface area contributed by atoms with Gasteiger partial charge in [-0.25, -0.2) is 0 Å². The average Bonchev–Trinajstić information content (AvgIpc) is 2.36. The van der Waals surface area contributed by atoms with Crippen LogP contribution in [0.3, 0.4) is 0 Å². The molecule has 0 saturated heterocycles. The number of benzene rings is 1. The minimum absolute atomic E-state index is 0.344. The largest absolute Gasteiger partial charge is 0.494 e. The van der Waals surface area contributed by atoms with Crippen LogP contribution >= 0.6 is 0 Å². The number of ether oxygens (including phenoxy) is 1. The number of hydrogen-bond donors (Lipinski definition) is 1. The molecule has 18 heavy (non-hydrogen) atoms. The lowest BCUT2D eigenvalue weighted by Gasteiger charge is -2.12. The number of hydrogen-bond acceptors (Lipinski definition) is 2. The third-order valence-electron chi connectivity index (χ3n) is 3.00. The Balaban J connectivity index is 2.40. The van der Waals surface area contributed by atoms with Crippen LogP contribution in [0, 0.1) is 5.92 Å². The summed E-state index contributed by atoms with van der Waals surface area (Å²) in [6.07, 6.45) is 3.76. The van der Waals surface area contributed by atoms with Gasteiger partial charge in [0.25, 0.3) is 0 Å². The second-order valence-electron chi connectivity index (χ2n) is 5.26. The first-order chi connectivity index (χ1) is 8.63. The van der Waals surface area contributed by atoms with Crippen LogP contribution in [0.5, 0.6) is 5.75 Å². The summed E-state index contributed by atoms with van der Waals surface area (Å²) in [7, 11) is 0. The van der Waals surface area contributed by atoms with Crippen molar-refractivity contribution in [1.29, 1.82) is 0 Å². The number of rotatable bonds is 8. The van der Waals surface area contributed by atoms with Crippen molar-refractivity contribution in [2.24, 2.45) is 5.92 Å². The maximum Gasteiger partial charge on any atom is 0.119 e. The molecule has 0 saturated carbocycles. The van der Waals surface area contributed by atoms with Gasteiger partial charge in [-0.3, -0.25) is 0 Å². The van der Waals surface area contributed by atoms with Gasteiger partial charge in [0.15, 0.2) is 0 Å². The highest BCUT2D eigenvalue weighted by Crippen LogP contribution is 2.23. The molecule has 0 radical (unpaired) electrons. The summed E-state index contributed by atoms with van der Waals surface area (Å²) in [5, 5.41) is 10.1. The first-order valence-electron chi connectivity index (χ1n) is 7.04. The van der Waals surface area contributed by atoms with Crippen molar-refractivity contribution in [2.75, 3.05) is 6.61 Å². The van der Waals surface area contributed by atoms with Gasteiger partial charge in [-0.15, -0.1) is 0 Å². The third kappa shape index (κ3) is 5.54. The first-order valence-corrected chi connectivity index (χ1v) is 7.04. The minimum Gasteiger partial charge on any atom is -0.494 e. The molecule has 102 valence electrons. The molecular weight excluding hydrogens is 224 g/mol. The molecule has 2 heteroatoms. The van der Waals surface area contributed by atoms with Gasteiger partial charge in [-0.1, -0.05) is 45.7 Å². The predicted octanol–water partition coefficient (Wildman–Crippen LogP) is 4.34. The minimum atomic E-state index is -0.344. The molecule has 1 atom stereocenters. The first kappa shape index (κ1) is 15.0. The zero-order chi connectivity index (χ0) is 13.4. The van der Waals surface area contributed by atoms with E-state index in [1.807, 2.05) is 24.3 Å². The van der Waals surface area contributed by atoms with Crippen LogP contribution in [0.15, 0.2) is 24.3 Å². The van der Waals surface area contributed by atoms with Gasteiger partial charge in [0, 0.05) is 0 Å². The number of aliphatic hydroxyl groups excluding tert-OH is 1. The van der Waals surface area contributed by atoms with Crippen LogP contribution in [0.4, 0.5) is 0 Å². The Bertz CT molecular complexity index is 316.